The van der Waals surface area contributed by atoms with Crippen molar-refractivity contribution in [2.45, 2.75) is 19.4 Å². The first-order chi connectivity index (χ1) is 14.4. The second-order valence-corrected chi connectivity index (χ2v) is 8.55. The normalized spacial score (nSPS) is 11.7. The van der Waals surface area contributed by atoms with Gasteiger partial charge in [-0.25, -0.2) is 4.98 Å². The van der Waals surface area contributed by atoms with E-state index in [1.807, 2.05) is 18.2 Å². The minimum Gasteiger partial charge on any atom is -0.347 e. The molecular weight excluding hydrogens is 443 g/mol. The van der Waals surface area contributed by atoms with Gasteiger partial charge in [-0.15, -0.1) is 11.3 Å². The van der Waals surface area contributed by atoms with E-state index < -0.39 is 0 Å². The molecule has 0 spiro atoms. The topological polar surface area (TPSA) is 97.1 Å². The standard InChI is InChI=1S/C21H20Cl2N4O2S/c1-12(28)26-20-9-14(6-7-25-20)18-4-5-19(30-18)21(29)27-16(11-24)8-13-2-3-15(22)10-17(13)23/h2-7,9-10,16H,8,11,24H2,1H3,(H,27,29)(H,25,26,28)/t16-/m0/s1. The van der Waals surface area contributed by atoms with Crippen molar-refractivity contribution in [3.8, 4) is 10.4 Å². The number of nitrogens with one attached hydrogen (secondary N) is 2. The molecule has 3 rings (SSSR count). The molecule has 2 aromatic heterocycles. The number of pyridine rings is 1. The number of nitrogens with zero attached hydrogens (tertiary/aromatic N) is 1. The highest BCUT2D eigenvalue weighted by Crippen LogP contribution is 2.29. The number of benzene rings is 1. The van der Waals surface area contributed by atoms with Gasteiger partial charge in [-0.2, -0.15) is 0 Å². The van der Waals surface area contributed by atoms with Gasteiger partial charge in [-0.1, -0.05) is 29.3 Å². The zero-order valence-corrected chi connectivity index (χ0v) is 18.4. The minimum atomic E-state index is -0.269. The van der Waals surface area contributed by atoms with Crippen LogP contribution >= 0.6 is 34.5 Å². The quantitative estimate of drug-likeness (QED) is 0.485. The van der Waals surface area contributed by atoms with Gasteiger partial charge in [0, 0.05) is 40.6 Å². The van der Waals surface area contributed by atoms with E-state index in [2.05, 4.69) is 15.6 Å². The Balaban J connectivity index is 1.70. The Kier molecular flexibility index (Phi) is 7.44. The number of carbonyl (C=O) groups is 2. The number of anilines is 1. The fraction of sp³-hybridized carbons (Fsp3) is 0.190. The Morgan fingerprint density at radius 1 is 1.17 bits per heavy atom. The lowest BCUT2D eigenvalue weighted by molar-refractivity contribution is -0.114. The molecule has 4 N–H and O–H groups in total. The molecule has 30 heavy (non-hydrogen) atoms. The van der Waals surface area contributed by atoms with Crippen molar-refractivity contribution in [2.75, 3.05) is 11.9 Å². The predicted molar refractivity (Wildman–Crippen MR) is 122 cm³/mol. The van der Waals surface area contributed by atoms with E-state index in [9.17, 15) is 9.59 Å². The summed E-state index contributed by atoms with van der Waals surface area (Å²) in [4.78, 5) is 29.5. The molecule has 0 saturated heterocycles. The number of halogens is 2. The highest BCUT2D eigenvalue weighted by Gasteiger charge is 2.17. The van der Waals surface area contributed by atoms with E-state index in [1.54, 1.807) is 30.5 Å². The van der Waals surface area contributed by atoms with Crippen LogP contribution in [0.15, 0.2) is 48.7 Å². The summed E-state index contributed by atoms with van der Waals surface area (Å²) >= 11 is 13.5. The molecule has 2 heterocycles. The van der Waals surface area contributed by atoms with Gasteiger partial charge in [0.2, 0.25) is 5.91 Å². The van der Waals surface area contributed by atoms with Crippen LogP contribution in [0.25, 0.3) is 10.4 Å². The monoisotopic (exact) mass is 462 g/mol. The summed E-state index contributed by atoms with van der Waals surface area (Å²) in [6.45, 7) is 1.69. The van der Waals surface area contributed by atoms with Gasteiger partial charge in [0.15, 0.2) is 0 Å². The van der Waals surface area contributed by atoms with Gasteiger partial charge in [0.05, 0.1) is 4.88 Å². The number of aromatic nitrogens is 1. The molecule has 0 radical (unpaired) electrons. The third kappa shape index (κ3) is 5.79. The molecule has 9 heteroatoms. The van der Waals surface area contributed by atoms with Gasteiger partial charge < -0.3 is 16.4 Å². The van der Waals surface area contributed by atoms with E-state index in [1.165, 1.54) is 18.3 Å². The molecule has 1 aromatic carbocycles. The zero-order chi connectivity index (χ0) is 21.7. The van der Waals surface area contributed by atoms with E-state index >= 15 is 0 Å². The smallest absolute Gasteiger partial charge is 0.261 e. The van der Waals surface area contributed by atoms with E-state index in [0.717, 1.165) is 16.0 Å². The highest BCUT2D eigenvalue weighted by atomic mass is 35.5. The third-order valence-corrected chi connectivity index (χ3v) is 6.00. The first kappa shape index (κ1) is 22.2. The summed E-state index contributed by atoms with van der Waals surface area (Å²) in [5.74, 6) is 0.0601. The van der Waals surface area contributed by atoms with Gasteiger partial charge >= 0.3 is 0 Å². The average Bonchev–Trinajstić information content (AvgIpc) is 3.19. The lowest BCUT2D eigenvalue weighted by atomic mass is 10.1. The van der Waals surface area contributed by atoms with Gasteiger partial charge in [-0.05, 0) is 53.9 Å². The van der Waals surface area contributed by atoms with Crippen LogP contribution in [0.4, 0.5) is 5.82 Å². The Morgan fingerprint density at radius 2 is 1.97 bits per heavy atom. The lowest BCUT2D eigenvalue weighted by Crippen LogP contribution is -2.41. The SMILES string of the molecule is CC(=O)Nc1cc(-c2ccc(C(=O)N[C@H](CN)Cc3ccc(Cl)cc3Cl)s2)ccn1. The van der Waals surface area contributed by atoms with Crippen LogP contribution in [0.1, 0.15) is 22.2 Å². The summed E-state index contributed by atoms with van der Waals surface area (Å²) < 4.78 is 0. The highest BCUT2D eigenvalue weighted by molar-refractivity contribution is 7.17. The van der Waals surface area contributed by atoms with Gasteiger partial charge in [-0.3, -0.25) is 9.59 Å². The van der Waals surface area contributed by atoms with Crippen molar-refractivity contribution >= 4 is 52.2 Å². The van der Waals surface area contributed by atoms with Gasteiger partial charge in [0.25, 0.3) is 5.91 Å². The molecule has 0 aliphatic rings. The number of nitrogens with two attached hydrogens (primary N) is 1. The average molecular weight is 463 g/mol. The lowest BCUT2D eigenvalue weighted by Gasteiger charge is -2.17. The van der Waals surface area contributed by atoms with Crippen molar-refractivity contribution in [3.05, 3.63) is 69.1 Å². The number of carbonyl (C=O) groups excluding carboxylic acids is 2. The minimum absolute atomic E-state index is 0.195. The van der Waals surface area contributed by atoms with Crippen LogP contribution in [-0.4, -0.2) is 29.4 Å². The molecule has 0 unspecified atom stereocenters. The Hall–Kier alpha value is -2.45. The molecule has 0 aliphatic heterocycles. The molecule has 0 fully saturated rings. The molecule has 0 bridgehead atoms. The molecular formula is C21H20Cl2N4O2S. The molecule has 3 aromatic rings. The Morgan fingerprint density at radius 3 is 2.67 bits per heavy atom. The second kappa shape index (κ2) is 10.0. The maximum atomic E-state index is 12.7. The molecule has 0 aliphatic carbocycles. The number of hydrogen-bond acceptors (Lipinski definition) is 5. The molecule has 2 amide bonds. The number of amides is 2. The van der Waals surface area contributed by atoms with Crippen LogP contribution < -0.4 is 16.4 Å². The molecule has 6 nitrogen and oxygen atoms in total. The van der Waals surface area contributed by atoms with Crippen molar-refractivity contribution in [1.29, 1.82) is 0 Å². The summed E-state index contributed by atoms with van der Waals surface area (Å²) in [5, 5.41) is 6.71. The number of thiophene rings is 1. The predicted octanol–water partition coefficient (Wildman–Crippen LogP) is 4.38. The van der Waals surface area contributed by atoms with E-state index in [4.69, 9.17) is 28.9 Å². The van der Waals surface area contributed by atoms with Gasteiger partial charge in [0.1, 0.15) is 5.82 Å². The molecule has 156 valence electrons. The zero-order valence-electron chi connectivity index (χ0n) is 16.1. The van der Waals surface area contributed by atoms with Crippen LogP contribution in [-0.2, 0) is 11.2 Å². The fourth-order valence-corrected chi connectivity index (χ4v) is 4.24. The van der Waals surface area contributed by atoms with E-state index in [0.29, 0.717) is 27.2 Å². The van der Waals surface area contributed by atoms with Crippen LogP contribution in [0.5, 0.6) is 0 Å². The first-order valence-corrected chi connectivity index (χ1v) is 10.7. The van der Waals surface area contributed by atoms with Crippen LogP contribution in [0, 0.1) is 0 Å². The summed E-state index contributed by atoms with van der Waals surface area (Å²) in [7, 11) is 0. The summed E-state index contributed by atoms with van der Waals surface area (Å²) in [6, 6.07) is 12.2. The van der Waals surface area contributed by atoms with E-state index in [-0.39, 0.29) is 24.4 Å². The number of rotatable bonds is 7. The molecule has 1 atom stereocenters. The van der Waals surface area contributed by atoms with Crippen molar-refractivity contribution in [1.82, 2.24) is 10.3 Å². The third-order valence-electron chi connectivity index (χ3n) is 4.28. The van der Waals surface area contributed by atoms with Crippen LogP contribution in [0.3, 0.4) is 0 Å². The largest absolute Gasteiger partial charge is 0.347 e. The number of hydrogen-bond donors (Lipinski definition) is 3. The molecule has 0 saturated carbocycles. The Bertz CT molecular complexity index is 1070. The maximum Gasteiger partial charge on any atom is 0.261 e. The Labute approximate surface area is 188 Å². The second-order valence-electron chi connectivity index (χ2n) is 6.62. The summed E-state index contributed by atoms with van der Waals surface area (Å²) in [6.07, 6.45) is 2.11. The fourth-order valence-electron chi connectivity index (χ4n) is 2.85. The summed E-state index contributed by atoms with van der Waals surface area (Å²) in [5.41, 5.74) is 7.59. The maximum absolute atomic E-state index is 12.7. The van der Waals surface area contributed by atoms with Crippen LogP contribution in [0.2, 0.25) is 10.0 Å². The van der Waals surface area contributed by atoms with Crippen molar-refractivity contribution in [2.24, 2.45) is 5.73 Å². The van der Waals surface area contributed by atoms with Crippen molar-refractivity contribution < 1.29 is 9.59 Å². The van der Waals surface area contributed by atoms with Crippen molar-refractivity contribution in [3.63, 3.8) is 0 Å². The first-order valence-electron chi connectivity index (χ1n) is 9.14.